The number of rotatable bonds is 3. The zero-order valence-corrected chi connectivity index (χ0v) is 12.1. The van der Waals surface area contributed by atoms with Crippen LogP contribution in [0.25, 0.3) is 0 Å². The second-order valence-corrected chi connectivity index (χ2v) is 5.24. The zero-order valence-electron chi connectivity index (χ0n) is 12.1. The summed E-state index contributed by atoms with van der Waals surface area (Å²) in [4.78, 5) is 24.7. The number of anilines is 1. The van der Waals surface area contributed by atoms with Crippen molar-refractivity contribution in [2.75, 3.05) is 4.90 Å². The summed E-state index contributed by atoms with van der Waals surface area (Å²) in [7, 11) is 0. The Kier molecular flexibility index (Phi) is 3.97. The number of halogens is 1. The Labute approximate surface area is 131 Å². The Bertz CT molecular complexity index is 748. The highest BCUT2D eigenvalue weighted by atomic mass is 19.1. The summed E-state index contributed by atoms with van der Waals surface area (Å²) in [6, 6.07) is 11.8. The molecular weight excluding hydrogens is 301 g/mol. The van der Waals surface area contributed by atoms with Gasteiger partial charge in [-0.3, -0.25) is 4.90 Å². The number of nitrogens with zero attached hydrogens (tertiary/aromatic N) is 1. The van der Waals surface area contributed by atoms with Crippen molar-refractivity contribution < 1.29 is 23.8 Å². The first kappa shape index (κ1) is 15.0. The highest BCUT2D eigenvalue weighted by Gasteiger charge is 2.39. The molecule has 23 heavy (non-hydrogen) atoms. The number of carbonyl (C=O) groups is 2. The first-order valence-electron chi connectivity index (χ1n) is 7.07. The molecule has 1 heterocycles. The summed E-state index contributed by atoms with van der Waals surface area (Å²) in [5, 5.41) is 9.32. The van der Waals surface area contributed by atoms with Gasteiger partial charge >= 0.3 is 12.1 Å². The van der Waals surface area contributed by atoms with E-state index < -0.39 is 23.9 Å². The molecule has 3 rings (SSSR count). The minimum absolute atomic E-state index is 0.0210. The van der Waals surface area contributed by atoms with Gasteiger partial charge in [-0.05, 0) is 23.3 Å². The fourth-order valence-corrected chi connectivity index (χ4v) is 2.61. The second kappa shape index (κ2) is 6.08. The molecule has 0 fully saturated rings. The zero-order chi connectivity index (χ0) is 16.4. The van der Waals surface area contributed by atoms with Crippen LogP contribution in [0, 0.1) is 5.82 Å². The maximum Gasteiger partial charge on any atom is 0.415 e. The maximum atomic E-state index is 13.5. The molecule has 0 unspecified atom stereocenters. The number of carbonyl (C=O) groups excluding carboxylic acids is 1. The molecule has 0 saturated carbocycles. The number of fused-ring (bicyclic) bond motifs is 1. The maximum absolute atomic E-state index is 13.5. The molecule has 0 spiro atoms. The van der Waals surface area contributed by atoms with Gasteiger partial charge in [0.25, 0.3) is 0 Å². The van der Waals surface area contributed by atoms with Crippen molar-refractivity contribution in [3.05, 3.63) is 65.5 Å². The van der Waals surface area contributed by atoms with Gasteiger partial charge in [0.05, 0.1) is 5.69 Å². The van der Waals surface area contributed by atoms with Crippen molar-refractivity contribution in [2.24, 2.45) is 0 Å². The molecule has 0 bridgehead atoms. The number of hydrogen-bond acceptors (Lipinski definition) is 3. The molecule has 118 valence electrons. The number of ether oxygens (including phenoxy) is 1. The number of hydrogen-bond donors (Lipinski definition) is 1. The lowest BCUT2D eigenvalue weighted by molar-refractivity contribution is -0.138. The Morgan fingerprint density at radius 3 is 2.65 bits per heavy atom. The minimum atomic E-state index is -1.15. The van der Waals surface area contributed by atoms with E-state index in [0.717, 1.165) is 16.5 Å². The van der Waals surface area contributed by atoms with Crippen molar-refractivity contribution in [2.45, 2.75) is 19.1 Å². The van der Waals surface area contributed by atoms with Crippen molar-refractivity contribution >= 4 is 17.7 Å². The molecule has 1 aliphatic rings. The third kappa shape index (κ3) is 3.01. The fourth-order valence-electron chi connectivity index (χ4n) is 2.61. The number of carboxylic acids is 1. The lowest BCUT2D eigenvalue weighted by atomic mass is 10.1. The van der Waals surface area contributed by atoms with E-state index in [1.54, 1.807) is 12.1 Å². The van der Waals surface area contributed by atoms with E-state index in [2.05, 4.69) is 0 Å². The smallest absolute Gasteiger partial charge is 0.415 e. The van der Waals surface area contributed by atoms with Crippen molar-refractivity contribution in [1.82, 2.24) is 0 Å². The summed E-state index contributed by atoms with van der Waals surface area (Å²) in [6.07, 6.45) is -0.670. The van der Waals surface area contributed by atoms with Gasteiger partial charge < -0.3 is 9.84 Å². The summed E-state index contributed by atoms with van der Waals surface area (Å²) in [6.45, 7) is 0.0210. The van der Waals surface area contributed by atoms with E-state index in [-0.39, 0.29) is 18.7 Å². The summed E-state index contributed by atoms with van der Waals surface area (Å²) in [5.41, 5.74) is 1.64. The number of benzene rings is 2. The van der Waals surface area contributed by atoms with Crippen molar-refractivity contribution in [1.29, 1.82) is 0 Å². The first-order chi connectivity index (χ1) is 11.1. The van der Waals surface area contributed by atoms with Crippen LogP contribution in [-0.2, 0) is 22.6 Å². The second-order valence-electron chi connectivity index (χ2n) is 5.24. The Morgan fingerprint density at radius 2 is 1.96 bits per heavy atom. The van der Waals surface area contributed by atoms with Crippen LogP contribution in [0.15, 0.2) is 48.5 Å². The van der Waals surface area contributed by atoms with Crippen LogP contribution in [0.2, 0.25) is 0 Å². The van der Waals surface area contributed by atoms with Crippen LogP contribution < -0.4 is 4.90 Å². The molecule has 0 aliphatic carbocycles. The molecule has 5 nitrogen and oxygen atoms in total. The van der Waals surface area contributed by atoms with Crippen molar-refractivity contribution in [3.63, 3.8) is 0 Å². The molecule has 2 aromatic rings. The molecule has 0 radical (unpaired) electrons. The molecule has 1 atom stereocenters. The van der Waals surface area contributed by atoms with Gasteiger partial charge in [0.1, 0.15) is 18.5 Å². The Balaban J connectivity index is 1.82. The first-order valence-corrected chi connectivity index (χ1v) is 7.07. The van der Waals surface area contributed by atoms with Crippen LogP contribution in [0.3, 0.4) is 0 Å². The highest BCUT2D eigenvalue weighted by molar-refractivity contribution is 5.98. The molecule has 2 aromatic carbocycles. The largest absolute Gasteiger partial charge is 0.480 e. The minimum Gasteiger partial charge on any atom is -0.480 e. The van der Waals surface area contributed by atoms with Gasteiger partial charge in [-0.25, -0.2) is 14.0 Å². The van der Waals surface area contributed by atoms with Crippen molar-refractivity contribution in [3.8, 4) is 0 Å². The van der Waals surface area contributed by atoms with E-state index in [1.165, 1.54) is 12.1 Å². The van der Waals surface area contributed by atoms with E-state index in [9.17, 15) is 19.1 Å². The number of amides is 1. The van der Waals surface area contributed by atoms with E-state index >= 15 is 0 Å². The molecule has 6 heteroatoms. The fraction of sp³-hybridized carbons (Fsp3) is 0.176. The average molecular weight is 315 g/mol. The lowest BCUT2D eigenvalue weighted by Crippen LogP contribution is -2.43. The molecule has 1 N–H and O–H groups in total. The van der Waals surface area contributed by atoms with E-state index in [1.807, 2.05) is 18.2 Å². The van der Waals surface area contributed by atoms with Crippen LogP contribution in [0.1, 0.15) is 11.1 Å². The Morgan fingerprint density at radius 1 is 1.22 bits per heavy atom. The summed E-state index contributed by atoms with van der Waals surface area (Å²) in [5.74, 6) is -1.69. The molecule has 1 aliphatic heterocycles. The number of aliphatic carboxylic acids is 1. The van der Waals surface area contributed by atoms with Crippen LogP contribution in [0.5, 0.6) is 0 Å². The topological polar surface area (TPSA) is 66.8 Å². The monoisotopic (exact) mass is 315 g/mol. The van der Waals surface area contributed by atoms with Gasteiger partial charge in [-0.15, -0.1) is 0 Å². The molecule has 0 aromatic heterocycles. The van der Waals surface area contributed by atoms with Gasteiger partial charge in [0, 0.05) is 6.42 Å². The average Bonchev–Trinajstić information content (AvgIpc) is 2.92. The van der Waals surface area contributed by atoms with Crippen LogP contribution in [0.4, 0.5) is 14.9 Å². The van der Waals surface area contributed by atoms with Crippen LogP contribution >= 0.6 is 0 Å². The standard InChI is InChI=1S/C17H14FNO4/c18-13-7-6-12-8-15(16(20)21)19(14(12)9-13)17(22)23-10-11-4-2-1-3-5-11/h1-7,9,15H,8,10H2,(H,20,21)/t15-/m1/s1. The van der Waals surface area contributed by atoms with Gasteiger partial charge in [-0.2, -0.15) is 0 Å². The van der Waals surface area contributed by atoms with Gasteiger partial charge in [0.2, 0.25) is 0 Å². The Hall–Kier alpha value is -2.89. The third-order valence-electron chi connectivity index (χ3n) is 3.72. The third-order valence-corrected chi connectivity index (χ3v) is 3.72. The van der Waals surface area contributed by atoms with E-state index in [0.29, 0.717) is 5.56 Å². The highest BCUT2D eigenvalue weighted by Crippen LogP contribution is 2.33. The predicted molar refractivity (Wildman–Crippen MR) is 80.6 cm³/mol. The summed E-state index contributed by atoms with van der Waals surface area (Å²) >= 11 is 0. The normalized spacial score (nSPS) is 16.0. The molecular formula is C17H14FNO4. The molecule has 1 amide bonds. The number of carboxylic acid groups (broad SMARTS) is 1. The lowest BCUT2D eigenvalue weighted by Gasteiger charge is -2.22. The van der Waals surface area contributed by atoms with Crippen LogP contribution in [-0.4, -0.2) is 23.2 Å². The van der Waals surface area contributed by atoms with E-state index in [4.69, 9.17) is 4.74 Å². The van der Waals surface area contributed by atoms with Gasteiger partial charge in [-0.1, -0.05) is 36.4 Å². The quantitative estimate of drug-likeness (QED) is 0.945. The van der Waals surface area contributed by atoms with Gasteiger partial charge in [0.15, 0.2) is 0 Å². The predicted octanol–water partition coefficient (Wildman–Crippen LogP) is 2.98. The SMILES string of the molecule is O=C(O)[C@H]1Cc2ccc(F)cc2N1C(=O)OCc1ccccc1. The summed E-state index contributed by atoms with van der Waals surface area (Å²) < 4.78 is 18.6. The molecule has 0 saturated heterocycles.